The normalized spacial score (nSPS) is 11.3. The molecule has 0 saturated carbocycles. The van der Waals surface area contributed by atoms with Crippen LogP contribution < -0.4 is 0 Å². The molecule has 0 atom stereocenters. The third kappa shape index (κ3) is 7.73. The molecule has 2 nitrogen and oxygen atoms in total. The van der Waals surface area contributed by atoms with Gasteiger partial charge in [0.15, 0.2) is 0 Å². The Morgan fingerprint density at radius 1 is 0.167 bits per heavy atom. The van der Waals surface area contributed by atoms with Gasteiger partial charge in [-0.15, -0.1) is 0 Å². The molecule has 0 N–H and O–H groups in total. The minimum atomic E-state index is 1.10. The highest BCUT2D eigenvalue weighted by molar-refractivity contribution is 6.16. The van der Waals surface area contributed by atoms with E-state index in [9.17, 15) is 0 Å². The van der Waals surface area contributed by atoms with Crippen LogP contribution in [0, 0.1) is 0 Å². The monoisotopic (exact) mass is 916 g/mol. The van der Waals surface area contributed by atoms with Gasteiger partial charge in [0.1, 0.15) is 0 Å². The van der Waals surface area contributed by atoms with Crippen molar-refractivity contribution in [2.45, 2.75) is 0 Å². The molecule has 0 aliphatic heterocycles. The highest BCUT2D eigenvalue weighted by Gasteiger charge is 2.29. The molecule has 0 fully saturated rings. The summed E-state index contributed by atoms with van der Waals surface area (Å²) in [5, 5.41) is 2.38. The van der Waals surface area contributed by atoms with Crippen molar-refractivity contribution in [1.29, 1.82) is 0 Å². The summed E-state index contributed by atoms with van der Waals surface area (Å²) >= 11 is 0. The van der Waals surface area contributed by atoms with Gasteiger partial charge in [-0.05, 0) is 103 Å². The first-order valence-corrected chi connectivity index (χ1v) is 24.7. The Balaban J connectivity index is 1.03. The number of fused-ring (bicyclic) bond motifs is 2. The van der Waals surface area contributed by atoms with Gasteiger partial charge in [-0.25, -0.2) is 0 Å². The van der Waals surface area contributed by atoms with E-state index in [1.54, 1.807) is 0 Å². The smallest absolute Gasteiger partial charge is 0.0620 e. The molecule has 2 heterocycles. The molecule has 0 aliphatic carbocycles. The quantitative estimate of drug-likeness (QED) is 0.129. The van der Waals surface area contributed by atoms with Crippen molar-refractivity contribution in [3.63, 3.8) is 0 Å². The first-order valence-electron chi connectivity index (χ1n) is 24.7. The maximum absolute atomic E-state index is 2.49. The third-order valence-electron chi connectivity index (χ3n) is 14.2. The summed E-state index contributed by atoms with van der Waals surface area (Å²) in [5.74, 6) is 0. The highest BCUT2D eigenvalue weighted by Crippen LogP contribution is 2.51. The fourth-order valence-corrected chi connectivity index (χ4v) is 10.7. The fourth-order valence-electron chi connectivity index (χ4n) is 10.7. The van der Waals surface area contributed by atoms with Crippen LogP contribution in [-0.2, 0) is 0 Å². The SMILES string of the molecule is c1ccc(-c2ccc(-c3ccc(-c4c(-c5c(-c6ccc(-c7ccccc7)cc6)n(-c6ccccc6)c6ccccc56)c5ccccc5n4-c4ccc(-c5ccc(-c6ccccc6)cc5)cc4)cc3)cc2)cc1. The summed E-state index contributed by atoms with van der Waals surface area (Å²) in [6.07, 6.45) is 0. The Morgan fingerprint density at radius 2 is 0.389 bits per heavy atom. The maximum atomic E-state index is 2.49. The highest BCUT2D eigenvalue weighted by atomic mass is 15.0. The van der Waals surface area contributed by atoms with Crippen LogP contribution in [0.3, 0.4) is 0 Å². The lowest BCUT2D eigenvalue weighted by atomic mass is 9.92. The number of aromatic nitrogens is 2. The number of nitrogens with zero attached hydrogens (tertiary/aromatic N) is 2. The Labute approximate surface area is 420 Å². The largest absolute Gasteiger partial charge is 0.309 e. The number of hydrogen-bond donors (Lipinski definition) is 0. The molecule has 0 saturated heterocycles. The molecular weight excluding hydrogens is 869 g/mol. The summed E-state index contributed by atoms with van der Waals surface area (Å²) in [5.41, 5.74) is 23.4. The van der Waals surface area contributed by atoms with Crippen molar-refractivity contribution in [3.05, 3.63) is 291 Å². The molecule has 0 aliphatic rings. The van der Waals surface area contributed by atoms with E-state index in [0.717, 1.165) is 44.9 Å². The summed E-state index contributed by atoms with van der Waals surface area (Å²) < 4.78 is 4.96. The molecule has 11 aromatic carbocycles. The number of benzene rings is 11. The fraction of sp³-hybridized carbons (Fsp3) is 0. The van der Waals surface area contributed by atoms with Crippen LogP contribution in [0.1, 0.15) is 0 Å². The minimum Gasteiger partial charge on any atom is -0.309 e. The summed E-state index contributed by atoms with van der Waals surface area (Å²) in [6.45, 7) is 0. The van der Waals surface area contributed by atoms with Crippen LogP contribution >= 0.6 is 0 Å². The number of rotatable bonds is 10. The van der Waals surface area contributed by atoms with Crippen molar-refractivity contribution in [3.8, 4) is 101 Å². The molecule has 72 heavy (non-hydrogen) atoms. The van der Waals surface area contributed by atoms with Crippen molar-refractivity contribution in [1.82, 2.24) is 9.13 Å². The van der Waals surface area contributed by atoms with Gasteiger partial charge in [-0.1, -0.05) is 255 Å². The molecule has 338 valence electrons. The summed E-state index contributed by atoms with van der Waals surface area (Å²) in [6, 6.07) is 106. The van der Waals surface area contributed by atoms with Gasteiger partial charge < -0.3 is 9.13 Å². The van der Waals surface area contributed by atoms with E-state index in [-0.39, 0.29) is 0 Å². The van der Waals surface area contributed by atoms with Crippen LogP contribution in [0.2, 0.25) is 0 Å². The average molecular weight is 917 g/mol. The van der Waals surface area contributed by atoms with E-state index in [4.69, 9.17) is 0 Å². The lowest BCUT2D eigenvalue weighted by Crippen LogP contribution is -1.99. The molecule has 0 amide bonds. The molecule has 0 spiro atoms. The van der Waals surface area contributed by atoms with Crippen molar-refractivity contribution < 1.29 is 0 Å². The molecule has 13 aromatic rings. The summed E-state index contributed by atoms with van der Waals surface area (Å²) in [7, 11) is 0. The van der Waals surface area contributed by atoms with E-state index >= 15 is 0 Å². The van der Waals surface area contributed by atoms with Gasteiger partial charge in [0.05, 0.1) is 22.4 Å². The zero-order valence-electron chi connectivity index (χ0n) is 39.6. The van der Waals surface area contributed by atoms with Crippen LogP contribution in [0.25, 0.3) is 122 Å². The van der Waals surface area contributed by atoms with Crippen LogP contribution in [-0.4, -0.2) is 9.13 Å². The molecule has 2 heteroatoms. The third-order valence-corrected chi connectivity index (χ3v) is 14.2. The second-order valence-corrected chi connectivity index (χ2v) is 18.4. The van der Waals surface area contributed by atoms with Crippen LogP contribution in [0.15, 0.2) is 291 Å². The molecule has 0 unspecified atom stereocenters. The average Bonchev–Trinajstić information content (AvgIpc) is 3.99. The van der Waals surface area contributed by atoms with Gasteiger partial charge in [-0.2, -0.15) is 0 Å². The van der Waals surface area contributed by atoms with Crippen molar-refractivity contribution in [2.24, 2.45) is 0 Å². The zero-order valence-corrected chi connectivity index (χ0v) is 39.6. The second-order valence-electron chi connectivity index (χ2n) is 18.4. The van der Waals surface area contributed by atoms with Crippen molar-refractivity contribution in [2.75, 3.05) is 0 Å². The molecule has 0 radical (unpaired) electrons. The van der Waals surface area contributed by atoms with Crippen LogP contribution in [0.4, 0.5) is 0 Å². The first kappa shape index (κ1) is 42.6. The Bertz CT molecular complexity index is 3980. The van der Waals surface area contributed by atoms with E-state index in [0.29, 0.717) is 0 Å². The van der Waals surface area contributed by atoms with Gasteiger partial charge in [0, 0.05) is 33.3 Å². The van der Waals surface area contributed by atoms with Gasteiger partial charge in [0.25, 0.3) is 0 Å². The number of para-hydroxylation sites is 3. The zero-order chi connectivity index (χ0) is 47.8. The maximum Gasteiger partial charge on any atom is 0.0620 e. The lowest BCUT2D eigenvalue weighted by molar-refractivity contribution is 1.13. The van der Waals surface area contributed by atoms with E-state index < -0.39 is 0 Å². The van der Waals surface area contributed by atoms with Gasteiger partial charge in [0.2, 0.25) is 0 Å². The predicted octanol–water partition coefficient (Wildman–Crippen LogP) is 18.9. The minimum absolute atomic E-state index is 1.10. The summed E-state index contributed by atoms with van der Waals surface area (Å²) in [4.78, 5) is 0. The molecular formula is C70H48N2. The van der Waals surface area contributed by atoms with E-state index in [1.807, 2.05) is 0 Å². The predicted molar refractivity (Wildman–Crippen MR) is 304 cm³/mol. The molecule has 2 aromatic heterocycles. The molecule has 0 bridgehead atoms. The first-order chi connectivity index (χ1) is 35.7. The second kappa shape index (κ2) is 18.4. The van der Waals surface area contributed by atoms with Gasteiger partial charge >= 0.3 is 0 Å². The van der Waals surface area contributed by atoms with Gasteiger partial charge in [-0.3, -0.25) is 0 Å². The Morgan fingerprint density at radius 3 is 0.708 bits per heavy atom. The standard InChI is InChI=1S/C70H48N2/c1-5-17-49(18-6-1)52-29-33-55(34-30-52)57-39-43-60(44-40-57)70-68(64-26-14-16-28-66(64)72(70)62-47-45-58(46-48-62)56-35-31-53(32-36-56)50-19-7-2-8-20-50)67-63-25-13-15-27-65(63)71(61-23-11-4-12-24-61)69(67)59-41-37-54(38-42-59)51-21-9-3-10-22-51/h1-48H. The lowest BCUT2D eigenvalue weighted by Gasteiger charge is -2.17. The number of hydrogen-bond acceptors (Lipinski definition) is 0. The Kier molecular flexibility index (Phi) is 10.9. The van der Waals surface area contributed by atoms with Crippen molar-refractivity contribution >= 4 is 21.8 Å². The van der Waals surface area contributed by atoms with E-state index in [2.05, 4.69) is 300 Å². The molecule has 13 rings (SSSR count). The topological polar surface area (TPSA) is 9.86 Å². The van der Waals surface area contributed by atoms with E-state index in [1.165, 1.54) is 77.5 Å². The Hall–Kier alpha value is -9.50. The van der Waals surface area contributed by atoms with Crippen LogP contribution in [0.5, 0.6) is 0 Å².